The summed E-state index contributed by atoms with van der Waals surface area (Å²) in [6, 6.07) is 11.8. The van der Waals surface area contributed by atoms with Gasteiger partial charge in [-0.1, -0.05) is 0 Å². The van der Waals surface area contributed by atoms with Crippen molar-refractivity contribution in [3.05, 3.63) is 66.1 Å². The highest BCUT2D eigenvalue weighted by Crippen LogP contribution is 2.41. The molecule has 6 heteroatoms. The van der Waals surface area contributed by atoms with Crippen LogP contribution in [0.3, 0.4) is 0 Å². The number of aromatic amines is 1. The minimum absolute atomic E-state index is 0.0568. The third-order valence-corrected chi connectivity index (χ3v) is 5.47. The topological polar surface area (TPSA) is 36.9 Å². The fraction of sp³-hybridized carbons (Fsp3) is 0.227. The summed E-state index contributed by atoms with van der Waals surface area (Å²) in [6.07, 6.45) is 4.67. The number of hydrogen-bond acceptors (Lipinski definition) is 2. The van der Waals surface area contributed by atoms with Crippen LogP contribution in [0.4, 0.5) is 20.2 Å². The summed E-state index contributed by atoms with van der Waals surface area (Å²) in [5.74, 6) is 0. The molecule has 4 nitrogen and oxygen atoms in total. The van der Waals surface area contributed by atoms with Gasteiger partial charge in [-0.3, -0.25) is 4.68 Å². The fourth-order valence-electron chi connectivity index (χ4n) is 4.12. The van der Waals surface area contributed by atoms with Crippen LogP contribution in [0.15, 0.2) is 55.0 Å². The van der Waals surface area contributed by atoms with Crippen LogP contribution in [0.2, 0.25) is 0 Å². The zero-order chi connectivity index (χ0) is 19.3. The van der Waals surface area contributed by atoms with E-state index in [1.165, 1.54) is 0 Å². The fourth-order valence-corrected chi connectivity index (χ4v) is 4.12. The van der Waals surface area contributed by atoms with Gasteiger partial charge in [-0.25, -0.2) is 8.78 Å². The lowest BCUT2D eigenvalue weighted by molar-refractivity contribution is 0.152. The van der Waals surface area contributed by atoms with E-state index in [-0.39, 0.29) is 5.56 Å². The zero-order valence-corrected chi connectivity index (χ0v) is 15.5. The van der Waals surface area contributed by atoms with E-state index >= 15 is 0 Å². The first-order valence-electron chi connectivity index (χ1n) is 9.39. The first-order valence-corrected chi connectivity index (χ1v) is 9.39. The molecular weight excluding hydrogens is 358 g/mol. The van der Waals surface area contributed by atoms with Gasteiger partial charge in [-0.05, 0) is 60.4 Å². The van der Waals surface area contributed by atoms with Crippen molar-refractivity contribution >= 4 is 22.3 Å². The number of H-pyrrole nitrogens is 1. The maximum Gasteiger partial charge on any atom is 0.264 e. The van der Waals surface area contributed by atoms with Crippen LogP contribution in [0.1, 0.15) is 24.0 Å². The van der Waals surface area contributed by atoms with Crippen LogP contribution in [0.25, 0.3) is 22.0 Å². The van der Waals surface area contributed by atoms with E-state index < -0.39 is 6.43 Å². The Morgan fingerprint density at radius 2 is 2.04 bits per heavy atom. The normalized spacial score (nSPS) is 14.1. The number of benzene rings is 2. The van der Waals surface area contributed by atoms with Crippen molar-refractivity contribution in [2.24, 2.45) is 7.05 Å². The van der Waals surface area contributed by atoms with Gasteiger partial charge in [0.15, 0.2) is 0 Å². The van der Waals surface area contributed by atoms with E-state index in [1.807, 2.05) is 30.5 Å². The van der Waals surface area contributed by atoms with E-state index in [4.69, 9.17) is 0 Å². The van der Waals surface area contributed by atoms with Gasteiger partial charge in [0, 0.05) is 59.4 Å². The minimum Gasteiger partial charge on any atom is -0.361 e. The third-order valence-electron chi connectivity index (χ3n) is 5.47. The number of anilines is 2. The standard InChI is InChI=1S/C22H20F2N4/c1-27-13-16(12-26-27)18-10-15-3-2-8-28(21(15)11-19(18)22(23)24)17-4-5-20-14(9-17)6-7-25-20/h4-7,9-13,22,25H,2-3,8H2,1H3. The van der Waals surface area contributed by atoms with E-state index in [9.17, 15) is 8.78 Å². The molecule has 142 valence electrons. The number of rotatable bonds is 3. The Hall–Kier alpha value is -3.15. The van der Waals surface area contributed by atoms with Crippen LogP contribution in [-0.4, -0.2) is 21.3 Å². The molecule has 0 saturated heterocycles. The van der Waals surface area contributed by atoms with Crippen molar-refractivity contribution in [2.45, 2.75) is 19.3 Å². The summed E-state index contributed by atoms with van der Waals surface area (Å²) in [4.78, 5) is 5.35. The largest absolute Gasteiger partial charge is 0.361 e. The van der Waals surface area contributed by atoms with Crippen LogP contribution in [-0.2, 0) is 13.5 Å². The third kappa shape index (κ3) is 2.76. The zero-order valence-electron chi connectivity index (χ0n) is 15.5. The Bertz CT molecular complexity index is 1160. The first-order chi connectivity index (χ1) is 13.6. The van der Waals surface area contributed by atoms with Crippen LogP contribution < -0.4 is 4.90 Å². The van der Waals surface area contributed by atoms with Gasteiger partial charge in [0.1, 0.15) is 0 Å². The second kappa shape index (κ2) is 6.48. The lowest BCUT2D eigenvalue weighted by atomic mass is 9.93. The molecule has 0 amide bonds. The van der Waals surface area contributed by atoms with Gasteiger partial charge in [0.05, 0.1) is 6.20 Å². The predicted molar refractivity (Wildman–Crippen MR) is 107 cm³/mol. The summed E-state index contributed by atoms with van der Waals surface area (Å²) < 4.78 is 29.5. The smallest absolute Gasteiger partial charge is 0.264 e. The molecule has 2 aromatic heterocycles. The van der Waals surface area contributed by atoms with Crippen molar-refractivity contribution in [3.8, 4) is 11.1 Å². The number of nitrogens with one attached hydrogen (secondary N) is 1. The molecule has 3 heterocycles. The number of aryl methyl sites for hydroxylation is 2. The average molecular weight is 378 g/mol. The monoisotopic (exact) mass is 378 g/mol. The van der Waals surface area contributed by atoms with E-state index in [0.717, 1.165) is 52.8 Å². The number of alkyl halides is 2. The van der Waals surface area contributed by atoms with Crippen molar-refractivity contribution in [1.29, 1.82) is 0 Å². The SMILES string of the molecule is Cn1cc(-c2cc3c(cc2C(F)F)N(c2ccc4[nH]ccc4c2)CCC3)cn1. The number of aromatic nitrogens is 3. The van der Waals surface area contributed by atoms with E-state index in [1.54, 1.807) is 30.2 Å². The molecule has 0 saturated carbocycles. The Kier molecular flexibility index (Phi) is 3.93. The molecule has 1 aliphatic heterocycles. The minimum atomic E-state index is -2.54. The van der Waals surface area contributed by atoms with Gasteiger partial charge in [-0.2, -0.15) is 5.10 Å². The van der Waals surface area contributed by atoms with Crippen LogP contribution in [0, 0.1) is 0 Å². The second-order valence-electron chi connectivity index (χ2n) is 7.28. The quantitative estimate of drug-likeness (QED) is 0.504. The molecule has 0 fully saturated rings. The molecule has 28 heavy (non-hydrogen) atoms. The Labute approximate surface area is 161 Å². The molecule has 1 N–H and O–H groups in total. The highest BCUT2D eigenvalue weighted by Gasteiger charge is 2.24. The predicted octanol–water partition coefficient (Wildman–Crippen LogP) is 5.59. The number of halogens is 2. The van der Waals surface area contributed by atoms with Crippen LogP contribution >= 0.6 is 0 Å². The maximum absolute atomic E-state index is 13.9. The number of nitrogens with zero attached hydrogens (tertiary/aromatic N) is 3. The molecule has 0 bridgehead atoms. The molecular formula is C22H20F2N4. The van der Waals surface area contributed by atoms with Crippen LogP contribution in [0.5, 0.6) is 0 Å². The Morgan fingerprint density at radius 1 is 1.14 bits per heavy atom. The van der Waals surface area contributed by atoms with Crippen molar-refractivity contribution in [2.75, 3.05) is 11.4 Å². The van der Waals surface area contributed by atoms with Gasteiger partial charge in [0.25, 0.3) is 6.43 Å². The molecule has 2 aromatic carbocycles. The van der Waals surface area contributed by atoms with Gasteiger partial charge < -0.3 is 9.88 Å². The molecule has 0 unspecified atom stereocenters. The Balaban J connectivity index is 1.65. The summed E-state index contributed by atoms with van der Waals surface area (Å²) in [7, 11) is 1.79. The molecule has 1 aliphatic rings. The molecule has 0 aliphatic carbocycles. The number of fused-ring (bicyclic) bond motifs is 2. The molecule has 0 spiro atoms. The van der Waals surface area contributed by atoms with Crippen molar-refractivity contribution in [1.82, 2.24) is 14.8 Å². The highest BCUT2D eigenvalue weighted by atomic mass is 19.3. The lowest BCUT2D eigenvalue weighted by Gasteiger charge is -2.32. The number of hydrogen-bond donors (Lipinski definition) is 1. The molecule has 5 rings (SSSR count). The van der Waals surface area contributed by atoms with E-state index in [0.29, 0.717) is 5.56 Å². The highest BCUT2D eigenvalue weighted by molar-refractivity contribution is 5.85. The second-order valence-corrected chi connectivity index (χ2v) is 7.28. The maximum atomic E-state index is 13.9. The summed E-state index contributed by atoms with van der Waals surface area (Å²) in [5, 5.41) is 5.27. The van der Waals surface area contributed by atoms with Crippen molar-refractivity contribution in [3.63, 3.8) is 0 Å². The van der Waals surface area contributed by atoms with Crippen molar-refractivity contribution < 1.29 is 8.78 Å². The van der Waals surface area contributed by atoms with E-state index in [2.05, 4.69) is 21.0 Å². The average Bonchev–Trinajstić information content (AvgIpc) is 3.34. The first kappa shape index (κ1) is 17.0. The summed E-state index contributed by atoms with van der Waals surface area (Å²) >= 11 is 0. The lowest BCUT2D eigenvalue weighted by Crippen LogP contribution is -2.24. The summed E-state index contributed by atoms with van der Waals surface area (Å²) in [6.45, 7) is 0.817. The van der Waals surface area contributed by atoms with Gasteiger partial charge in [-0.15, -0.1) is 0 Å². The van der Waals surface area contributed by atoms with Gasteiger partial charge >= 0.3 is 0 Å². The summed E-state index contributed by atoms with van der Waals surface area (Å²) in [5.41, 5.74) is 5.44. The molecule has 0 atom stereocenters. The molecule has 4 aromatic rings. The molecule has 0 radical (unpaired) electrons. The Morgan fingerprint density at radius 3 is 2.82 bits per heavy atom. The van der Waals surface area contributed by atoms with Gasteiger partial charge in [0.2, 0.25) is 0 Å².